The highest BCUT2D eigenvalue weighted by Crippen LogP contribution is 2.10. The molecular formula is C11H16FN3. The molecule has 0 atom stereocenters. The number of benzene rings is 1. The molecule has 3 N–H and O–H groups in total. The lowest BCUT2D eigenvalue weighted by atomic mass is 10.1. The van der Waals surface area contributed by atoms with E-state index in [2.05, 4.69) is 10.4 Å². The summed E-state index contributed by atoms with van der Waals surface area (Å²) in [6.07, 6.45) is 0. The van der Waals surface area contributed by atoms with Gasteiger partial charge in [0, 0.05) is 5.56 Å². The molecule has 0 spiro atoms. The van der Waals surface area contributed by atoms with E-state index in [1.807, 2.05) is 20.8 Å². The predicted molar refractivity (Wildman–Crippen MR) is 60.0 cm³/mol. The summed E-state index contributed by atoms with van der Waals surface area (Å²) in [6.45, 7) is 5.84. The van der Waals surface area contributed by atoms with Crippen LogP contribution in [0.25, 0.3) is 0 Å². The van der Waals surface area contributed by atoms with E-state index in [-0.39, 0.29) is 11.4 Å². The Morgan fingerprint density at radius 2 is 2.07 bits per heavy atom. The predicted octanol–water partition coefficient (Wildman–Crippen LogP) is 1.83. The van der Waals surface area contributed by atoms with Gasteiger partial charge in [-0.3, -0.25) is 4.99 Å². The Bertz CT molecular complexity index is 366. The third-order valence-corrected chi connectivity index (χ3v) is 1.68. The fourth-order valence-corrected chi connectivity index (χ4v) is 1.15. The first-order valence-electron chi connectivity index (χ1n) is 4.75. The molecule has 0 unspecified atom stereocenters. The number of hydrogen-bond acceptors (Lipinski definition) is 2. The molecule has 0 amide bonds. The number of aliphatic imine (C=N–C) groups is 1. The van der Waals surface area contributed by atoms with Crippen LogP contribution in [0.3, 0.4) is 0 Å². The highest BCUT2D eigenvalue weighted by atomic mass is 19.1. The van der Waals surface area contributed by atoms with Gasteiger partial charge in [-0.05, 0) is 32.9 Å². The van der Waals surface area contributed by atoms with Crippen LogP contribution in [-0.4, -0.2) is 11.4 Å². The Hall–Kier alpha value is -1.42. The van der Waals surface area contributed by atoms with Gasteiger partial charge in [-0.1, -0.05) is 12.1 Å². The quantitative estimate of drug-likeness (QED) is 0.321. The Balaban J connectivity index is 3.08. The van der Waals surface area contributed by atoms with Gasteiger partial charge in [-0.2, -0.15) is 0 Å². The van der Waals surface area contributed by atoms with Crippen molar-refractivity contribution in [3.63, 3.8) is 0 Å². The van der Waals surface area contributed by atoms with Crippen molar-refractivity contribution in [1.29, 1.82) is 0 Å². The minimum absolute atomic E-state index is 0.256. The molecule has 1 rings (SSSR count). The zero-order valence-electron chi connectivity index (χ0n) is 9.21. The maximum Gasteiger partial charge on any atom is 0.143 e. The van der Waals surface area contributed by atoms with Crippen molar-refractivity contribution >= 4 is 5.84 Å². The van der Waals surface area contributed by atoms with Crippen LogP contribution in [0.5, 0.6) is 0 Å². The minimum Gasteiger partial charge on any atom is -0.308 e. The number of hydrazine groups is 1. The van der Waals surface area contributed by atoms with Crippen molar-refractivity contribution in [3.05, 3.63) is 35.6 Å². The standard InChI is InChI=1S/C11H16FN3/c1-11(2,3)14-10(15-13)8-5-4-6-9(12)7-8/h4-7H,13H2,1-3H3,(H,14,15). The molecule has 0 heterocycles. The molecule has 4 heteroatoms. The Labute approximate surface area is 89.2 Å². The molecule has 15 heavy (non-hydrogen) atoms. The van der Waals surface area contributed by atoms with E-state index >= 15 is 0 Å². The molecule has 0 aromatic heterocycles. The summed E-state index contributed by atoms with van der Waals surface area (Å²) in [5, 5.41) is 0. The van der Waals surface area contributed by atoms with Gasteiger partial charge in [0.25, 0.3) is 0 Å². The number of halogens is 1. The molecule has 3 nitrogen and oxygen atoms in total. The van der Waals surface area contributed by atoms with E-state index in [9.17, 15) is 4.39 Å². The van der Waals surface area contributed by atoms with Crippen molar-refractivity contribution in [1.82, 2.24) is 5.43 Å². The Kier molecular flexibility index (Phi) is 3.42. The van der Waals surface area contributed by atoms with Crippen LogP contribution in [0.1, 0.15) is 26.3 Å². The Morgan fingerprint density at radius 1 is 1.40 bits per heavy atom. The molecule has 0 fully saturated rings. The zero-order valence-corrected chi connectivity index (χ0v) is 9.21. The number of amidine groups is 1. The van der Waals surface area contributed by atoms with E-state index in [4.69, 9.17) is 5.84 Å². The lowest BCUT2D eigenvalue weighted by Crippen LogP contribution is -2.33. The third-order valence-electron chi connectivity index (χ3n) is 1.68. The minimum atomic E-state index is -0.302. The molecule has 0 bridgehead atoms. The molecule has 0 saturated heterocycles. The maximum atomic E-state index is 13.0. The van der Waals surface area contributed by atoms with Gasteiger partial charge >= 0.3 is 0 Å². The summed E-state index contributed by atoms with van der Waals surface area (Å²) in [5.41, 5.74) is 2.88. The fourth-order valence-electron chi connectivity index (χ4n) is 1.15. The summed E-state index contributed by atoms with van der Waals surface area (Å²) in [6, 6.07) is 6.16. The van der Waals surface area contributed by atoms with Crippen molar-refractivity contribution in [3.8, 4) is 0 Å². The third kappa shape index (κ3) is 3.67. The largest absolute Gasteiger partial charge is 0.308 e. The van der Waals surface area contributed by atoms with Crippen LogP contribution in [0.2, 0.25) is 0 Å². The van der Waals surface area contributed by atoms with Gasteiger partial charge in [0.15, 0.2) is 0 Å². The second-order valence-corrected chi connectivity index (χ2v) is 4.29. The molecule has 0 radical (unpaired) electrons. The topological polar surface area (TPSA) is 50.4 Å². The van der Waals surface area contributed by atoms with Crippen LogP contribution in [-0.2, 0) is 0 Å². The molecule has 82 valence electrons. The lowest BCUT2D eigenvalue weighted by molar-refractivity contribution is 0.579. The van der Waals surface area contributed by atoms with Gasteiger partial charge in [0.05, 0.1) is 5.54 Å². The number of nitrogens with one attached hydrogen (secondary N) is 1. The smallest absolute Gasteiger partial charge is 0.143 e. The van der Waals surface area contributed by atoms with Crippen LogP contribution in [0.4, 0.5) is 4.39 Å². The van der Waals surface area contributed by atoms with Crippen molar-refractivity contribution in [2.75, 3.05) is 0 Å². The molecule has 0 aliphatic carbocycles. The lowest BCUT2D eigenvalue weighted by Gasteiger charge is -2.15. The van der Waals surface area contributed by atoms with Crippen LogP contribution in [0, 0.1) is 5.82 Å². The zero-order chi connectivity index (χ0) is 11.5. The number of nitrogens with two attached hydrogens (primary N) is 1. The number of hydrogen-bond donors (Lipinski definition) is 2. The normalized spacial score (nSPS) is 12.7. The van der Waals surface area contributed by atoms with Crippen LogP contribution < -0.4 is 11.3 Å². The van der Waals surface area contributed by atoms with E-state index in [1.165, 1.54) is 12.1 Å². The summed E-state index contributed by atoms with van der Waals surface area (Å²) in [5.74, 6) is 5.55. The average Bonchev–Trinajstić information content (AvgIpc) is 2.13. The van der Waals surface area contributed by atoms with E-state index in [0.29, 0.717) is 11.4 Å². The van der Waals surface area contributed by atoms with Gasteiger partial charge in [-0.25, -0.2) is 10.2 Å². The summed E-state index contributed by atoms with van der Waals surface area (Å²) >= 11 is 0. The number of nitrogens with zero attached hydrogens (tertiary/aromatic N) is 1. The fraction of sp³-hybridized carbons (Fsp3) is 0.364. The van der Waals surface area contributed by atoms with Crippen LogP contribution in [0.15, 0.2) is 29.3 Å². The summed E-state index contributed by atoms with van der Waals surface area (Å²) in [4.78, 5) is 4.35. The van der Waals surface area contributed by atoms with E-state index < -0.39 is 0 Å². The first-order chi connectivity index (χ1) is 6.92. The Morgan fingerprint density at radius 3 is 2.53 bits per heavy atom. The first-order valence-corrected chi connectivity index (χ1v) is 4.75. The SMILES string of the molecule is CC(C)(C)N=C(NN)c1cccc(F)c1. The van der Waals surface area contributed by atoms with Gasteiger partial charge < -0.3 is 5.43 Å². The van der Waals surface area contributed by atoms with Gasteiger partial charge in [0.1, 0.15) is 11.7 Å². The molecule has 0 aliphatic heterocycles. The van der Waals surface area contributed by atoms with E-state index in [1.54, 1.807) is 12.1 Å². The van der Waals surface area contributed by atoms with E-state index in [0.717, 1.165) is 0 Å². The molecule has 0 saturated carbocycles. The summed E-state index contributed by atoms with van der Waals surface area (Å²) in [7, 11) is 0. The van der Waals surface area contributed by atoms with Crippen molar-refractivity contribution < 1.29 is 4.39 Å². The molecular weight excluding hydrogens is 193 g/mol. The maximum absolute atomic E-state index is 13.0. The second-order valence-electron chi connectivity index (χ2n) is 4.29. The van der Waals surface area contributed by atoms with Gasteiger partial charge in [-0.15, -0.1) is 0 Å². The molecule has 1 aromatic carbocycles. The second kappa shape index (κ2) is 4.40. The van der Waals surface area contributed by atoms with Crippen LogP contribution >= 0.6 is 0 Å². The monoisotopic (exact) mass is 209 g/mol. The highest BCUT2D eigenvalue weighted by molar-refractivity contribution is 5.98. The molecule has 1 aromatic rings. The molecule has 0 aliphatic rings. The van der Waals surface area contributed by atoms with Gasteiger partial charge in [0.2, 0.25) is 0 Å². The van der Waals surface area contributed by atoms with Crippen molar-refractivity contribution in [2.24, 2.45) is 10.8 Å². The average molecular weight is 209 g/mol. The first kappa shape index (κ1) is 11.7. The number of rotatable bonds is 1. The van der Waals surface area contributed by atoms with Crippen molar-refractivity contribution in [2.45, 2.75) is 26.3 Å². The highest BCUT2D eigenvalue weighted by Gasteiger charge is 2.11. The summed E-state index contributed by atoms with van der Waals surface area (Å²) < 4.78 is 13.0.